The van der Waals surface area contributed by atoms with Crippen LogP contribution in [-0.4, -0.2) is 10.8 Å². The third-order valence-electron chi connectivity index (χ3n) is 5.81. The van der Waals surface area contributed by atoms with Gasteiger partial charge in [-0.25, -0.2) is 0 Å². The first-order chi connectivity index (χ1) is 19.0. The molecule has 0 spiro atoms. The lowest BCUT2D eigenvalue weighted by molar-refractivity contribution is 0.106. The summed E-state index contributed by atoms with van der Waals surface area (Å²) in [6.07, 6.45) is 3.19. The van der Waals surface area contributed by atoms with Gasteiger partial charge in [-0.1, -0.05) is 78.3 Å². The van der Waals surface area contributed by atoms with Crippen molar-refractivity contribution in [2.24, 2.45) is 0 Å². The lowest BCUT2D eigenvalue weighted by Gasteiger charge is -2.14. The third kappa shape index (κ3) is 7.13. The molecular formula is C32H24ClNO4S. The van der Waals surface area contributed by atoms with Crippen LogP contribution in [0.4, 0.5) is 0 Å². The maximum Gasteiger partial charge on any atom is 0.266 e. The van der Waals surface area contributed by atoms with Gasteiger partial charge in [0.15, 0.2) is 17.3 Å². The van der Waals surface area contributed by atoms with E-state index < -0.39 is 0 Å². The van der Waals surface area contributed by atoms with Gasteiger partial charge in [0.25, 0.3) is 5.56 Å². The summed E-state index contributed by atoms with van der Waals surface area (Å²) in [5.41, 5.74) is 3.06. The molecule has 5 nitrogen and oxygen atoms in total. The number of benzene rings is 4. The largest absolute Gasteiger partial charge is 0.485 e. The van der Waals surface area contributed by atoms with Gasteiger partial charge in [-0.15, -0.1) is 11.3 Å². The molecule has 0 radical (unpaired) electrons. The maximum absolute atomic E-state index is 12.6. The van der Waals surface area contributed by atoms with E-state index in [4.69, 9.17) is 21.1 Å². The Morgan fingerprint density at radius 3 is 2.05 bits per heavy atom. The van der Waals surface area contributed by atoms with Crippen LogP contribution in [0.1, 0.15) is 27.0 Å². The van der Waals surface area contributed by atoms with Gasteiger partial charge in [0.1, 0.15) is 13.2 Å². The molecule has 0 saturated carbocycles. The van der Waals surface area contributed by atoms with Crippen LogP contribution in [-0.2, 0) is 13.2 Å². The average molecular weight is 554 g/mol. The highest BCUT2D eigenvalue weighted by atomic mass is 35.5. The highest BCUT2D eigenvalue weighted by Gasteiger charge is 2.09. The van der Waals surface area contributed by atoms with Crippen LogP contribution in [0, 0.1) is 0 Å². The average Bonchev–Trinajstić information content (AvgIpc) is 3.30. The number of aromatic amines is 1. The molecule has 7 heteroatoms. The Hall–Kier alpha value is -4.39. The molecule has 194 valence electrons. The number of aromatic nitrogens is 1. The summed E-state index contributed by atoms with van der Waals surface area (Å²) in [6.45, 7) is 0.772. The van der Waals surface area contributed by atoms with E-state index in [0.717, 1.165) is 16.7 Å². The van der Waals surface area contributed by atoms with Crippen molar-refractivity contribution in [3.8, 4) is 11.5 Å². The molecule has 0 fully saturated rings. The van der Waals surface area contributed by atoms with E-state index in [0.29, 0.717) is 44.5 Å². The fourth-order valence-electron chi connectivity index (χ4n) is 3.81. The minimum Gasteiger partial charge on any atom is -0.485 e. The quantitative estimate of drug-likeness (QED) is 0.236. The van der Waals surface area contributed by atoms with Crippen LogP contribution in [0.5, 0.6) is 11.5 Å². The fraction of sp³-hybridized carbons (Fsp3) is 0.0625. The Morgan fingerprint density at radius 2 is 1.41 bits per heavy atom. The summed E-state index contributed by atoms with van der Waals surface area (Å²) in [6, 6.07) is 32.0. The van der Waals surface area contributed by atoms with E-state index in [1.807, 2.05) is 78.9 Å². The van der Waals surface area contributed by atoms with Crippen molar-refractivity contribution in [2.75, 3.05) is 0 Å². The van der Waals surface area contributed by atoms with E-state index in [1.165, 1.54) is 17.4 Å². The number of Topliss-reactive ketones (excluding diaryl/α,β-unsaturated/α-hetero) is 1. The molecule has 0 aliphatic heterocycles. The summed E-state index contributed by atoms with van der Waals surface area (Å²) in [5.74, 6) is 0.961. The van der Waals surface area contributed by atoms with E-state index >= 15 is 0 Å². The predicted octanol–water partition coefficient (Wildman–Crippen LogP) is 5.74. The Morgan fingerprint density at radius 1 is 0.795 bits per heavy atom. The number of thiazole rings is 1. The van der Waals surface area contributed by atoms with Crippen LogP contribution < -0.4 is 24.2 Å². The van der Waals surface area contributed by atoms with Crippen LogP contribution in [0.3, 0.4) is 0 Å². The normalized spacial score (nSPS) is 11.9. The van der Waals surface area contributed by atoms with Gasteiger partial charge in [0.05, 0.1) is 9.20 Å². The molecule has 1 heterocycles. The number of hydrogen-bond acceptors (Lipinski definition) is 5. The van der Waals surface area contributed by atoms with E-state index in [1.54, 1.807) is 30.3 Å². The number of ether oxygens (including phenoxy) is 2. The standard InChI is InChI=1S/C32H24ClNO4S/c33-26-14-12-25(13-15-26)27(35)19-31-34-32(36)30(39-31)18-24-11-16-28(37-20-22-7-3-1-4-8-22)29(17-24)38-21-23-9-5-2-6-10-23/h1-19H,20-21H2,(H,34,36)/b30-18+,31-19+. The molecule has 0 unspecified atom stereocenters. The van der Waals surface area contributed by atoms with Gasteiger partial charge >= 0.3 is 0 Å². The lowest BCUT2D eigenvalue weighted by atomic mass is 10.1. The van der Waals surface area contributed by atoms with Crippen molar-refractivity contribution in [3.63, 3.8) is 0 Å². The Balaban J connectivity index is 1.42. The number of carbonyl (C=O) groups is 1. The first-order valence-electron chi connectivity index (χ1n) is 12.2. The number of carbonyl (C=O) groups excluding carboxylic acids is 1. The number of ketones is 1. The van der Waals surface area contributed by atoms with Crippen LogP contribution >= 0.6 is 22.9 Å². The molecule has 0 bridgehead atoms. The van der Waals surface area contributed by atoms with E-state index in [-0.39, 0.29) is 11.3 Å². The fourth-order valence-corrected chi connectivity index (χ4v) is 4.82. The Kier molecular flexibility index (Phi) is 8.36. The van der Waals surface area contributed by atoms with Gasteiger partial charge in [0.2, 0.25) is 0 Å². The van der Waals surface area contributed by atoms with Gasteiger partial charge in [-0.2, -0.15) is 0 Å². The van der Waals surface area contributed by atoms with Crippen molar-refractivity contribution < 1.29 is 14.3 Å². The van der Waals surface area contributed by atoms with Gasteiger partial charge in [-0.05, 0) is 59.2 Å². The van der Waals surface area contributed by atoms with Crippen molar-refractivity contribution in [2.45, 2.75) is 13.2 Å². The predicted molar refractivity (Wildman–Crippen MR) is 156 cm³/mol. The topological polar surface area (TPSA) is 68.4 Å². The molecule has 5 aromatic rings. The van der Waals surface area contributed by atoms with Gasteiger partial charge < -0.3 is 14.5 Å². The molecule has 0 saturated heterocycles. The molecule has 0 aliphatic carbocycles. The number of nitrogens with one attached hydrogen (secondary N) is 1. The van der Waals surface area contributed by atoms with Crippen molar-refractivity contribution in [1.82, 2.24) is 4.98 Å². The number of rotatable bonds is 9. The zero-order valence-electron chi connectivity index (χ0n) is 20.8. The molecule has 1 aromatic heterocycles. The molecule has 0 atom stereocenters. The second kappa shape index (κ2) is 12.4. The SMILES string of the molecule is O=C(/C=c1\[nH]c(=O)/c(=C\c2ccc(OCc3ccccc3)c(OCc3ccccc3)c2)s1)c1ccc(Cl)cc1. The molecule has 1 N–H and O–H groups in total. The molecule has 0 amide bonds. The zero-order valence-corrected chi connectivity index (χ0v) is 22.4. The lowest BCUT2D eigenvalue weighted by Crippen LogP contribution is -2.20. The maximum atomic E-state index is 12.6. The van der Waals surface area contributed by atoms with Crippen LogP contribution in [0.2, 0.25) is 5.02 Å². The smallest absolute Gasteiger partial charge is 0.266 e. The second-order valence-electron chi connectivity index (χ2n) is 8.70. The van der Waals surface area contributed by atoms with Gasteiger partial charge in [0, 0.05) is 16.7 Å². The highest BCUT2D eigenvalue weighted by Crippen LogP contribution is 2.30. The van der Waals surface area contributed by atoms with Crippen LogP contribution in [0.15, 0.2) is 108 Å². The molecular weight excluding hydrogens is 530 g/mol. The second-order valence-corrected chi connectivity index (χ2v) is 10.2. The van der Waals surface area contributed by atoms with Crippen LogP contribution in [0.25, 0.3) is 12.2 Å². The third-order valence-corrected chi connectivity index (χ3v) is 7.03. The number of hydrogen-bond donors (Lipinski definition) is 1. The summed E-state index contributed by atoms with van der Waals surface area (Å²) in [7, 11) is 0. The monoisotopic (exact) mass is 553 g/mol. The summed E-state index contributed by atoms with van der Waals surface area (Å²) < 4.78 is 13.2. The van der Waals surface area contributed by atoms with Crippen molar-refractivity contribution >= 4 is 40.9 Å². The summed E-state index contributed by atoms with van der Waals surface area (Å²) in [4.78, 5) is 28.0. The Bertz CT molecular complexity index is 1740. The Labute approximate surface area is 234 Å². The van der Waals surface area contributed by atoms with Crippen molar-refractivity contribution in [1.29, 1.82) is 0 Å². The molecule has 39 heavy (non-hydrogen) atoms. The minimum absolute atomic E-state index is 0.216. The first-order valence-corrected chi connectivity index (χ1v) is 13.4. The zero-order chi connectivity index (χ0) is 27.0. The highest BCUT2D eigenvalue weighted by molar-refractivity contribution is 7.07. The van der Waals surface area contributed by atoms with Crippen molar-refractivity contribution in [3.05, 3.63) is 150 Å². The molecule has 0 aliphatic rings. The summed E-state index contributed by atoms with van der Waals surface area (Å²) in [5, 5.41) is 0.552. The molecule has 5 rings (SSSR count). The number of halogens is 1. The van der Waals surface area contributed by atoms with E-state index in [2.05, 4.69) is 4.98 Å². The first kappa shape index (κ1) is 26.2. The van der Waals surface area contributed by atoms with E-state index in [9.17, 15) is 9.59 Å². The summed E-state index contributed by atoms with van der Waals surface area (Å²) >= 11 is 7.12. The minimum atomic E-state index is -0.272. The van der Waals surface area contributed by atoms with Gasteiger partial charge in [-0.3, -0.25) is 9.59 Å². The molecule has 4 aromatic carbocycles. The number of H-pyrrole nitrogens is 1.